The number of esters is 1. The molecule has 132 valence electrons. The van der Waals surface area contributed by atoms with E-state index in [1.165, 1.54) is 0 Å². The Balaban J connectivity index is 1.94. The molecule has 2 rings (SSSR count). The van der Waals surface area contributed by atoms with Crippen molar-refractivity contribution in [1.29, 1.82) is 0 Å². The number of benzene rings is 2. The monoisotopic (exact) mass is 360 g/mol. The SMILES string of the molecule is CCOC(=O)C(CNC(=O)Nc1cccc(Cl)c1)Cc1ccccc1. The van der Waals surface area contributed by atoms with Gasteiger partial charge in [-0.2, -0.15) is 0 Å². The first-order chi connectivity index (χ1) is 12.1. The summed E-state index contributed by atoms with van der Waals surface area (Å²) < 4.78 is 5.11. The van der Waals surface area contributed by atoms with Crippen LogP contribution in [0, 0.1) is 5.92 Å². The molecule has 6 heteroatoms. The Morgan fingerprint density at radius 2 is 1.88 bits per heavy atom. The number of amides is 2. The molecule has 0 fully saturated rings. The van der Waals surface area contributed by atoms with Crippen LogP contribution in [0.1, 0.15) is 12.5 Å². The topological polar surface area (TPSA) is 67.4 Å². The third kappa shape index (κ3) is 6.47. The highest BCUT2D eigenvalue weighted by Crippen LogP contribution is 2.15. The Morgan fingerprint density at radius 1 is 1.12 bits per heavy atom. The number of hydrogen-bond acceptors (Lipinski definition) is 3. The number of rotatable bonds is 7. The number of carbonyl (C=O) groups is 2. The van der Waals surface area contributed by atoms with Crippen LogP contribution in [0.25, 0.3) is 0 Å². The molecule has 2 N–H and O–H groups in total. The Morgan fingerprint density at radius 3 is 2.56 bits per heavy atom. The van der Waals surface area contributed by atoms with Gasteiger partial charge in [0.2, 0.25) is 0 Å². The largest absolute Gasteiger partial charge is 0.466 e. The van der Waals surface area contributed by atoms with Gasteiger partial charge in [-0.1, -0.05) is 48.0 Å². The molecule has 1 atom stereocenters. The van der Waals surface area contributed by atoms with Gasteiger partial charge in [-0.15, -0.1) is 0 Å². The molecule has 2 aromatic rings. The summed E-state index contributed by atoms with van der Waals surface area (Å²) in [6.07, 6.45) is 0.497. The molecular weight excluding hydrogens is 340 g/mol. The van der Waals surface area contributed by atoms with Crippen molar-refractivity contribution in [2.24, 2.45) is 5.92 Å². The highest BCUT2D eigenvalue weighted by atomic mass is 35.5. The molecule has 5 nitrogen and oxygen atoms in total. The van der Waals surface area contributed by atoms with Gasteiger partial charge in [-0.05, 0) is 37.1 Å². The van der Waals surface area contributed by atoms with Crippen LogP contribution in [-0.4, -0.2) is 25.2 Å². The number of nitrogens with one attached hydrogen (secondary N) is 2. The zero-order valence-corrected chi connectivity index (χ0v) is 14.8. The average molecular weight is 361 g/mol. The zero-order valence-electron chi connectivity index (χ0n) is 14.0. The van der Waals surface area contributed by atoms with Crippen LogP contribution in [0.2, 0.25) is 5.02 Å². The number of anilines is 1. The average Bonchev–Trinajstić information content (AvgIpc) is 2.59. The summed E-state index contributed by atoms with van der Waals surface area (Å²) in [4.78, 5) is 24.2. The van der Waals surface area contributed by atoms with Crippen molar-refractivity contribution < 1.29 is 14.3 Å². The number of hydrogen-bond donors (Lipinski definition) is 2. The first kappa shape index (κ1) is 18.8. The van der Waals surface area contributed by atoms with Gasteiger partial charge in [0.05, 0.1) is 12.5 Å². The van der Waals surface area contributed by atoms with Crippen LogP contribution in [0.4, 0.5) is 10.5 Å². The van der Waals surface area contributed by atoms with Crippen molar-refractivity contribution in [2.75, 3.05) is 18.5 Å². The zero-order chi connectivity index (χ0) is 18.1. The second-order valence-electron chi connectivity index (χ2n) is 5.48. The lowest BCUT2D eigenvalue weighted by Crippen LogP contribution is -2.37. The first-order valence-electron chi connectivity index (χ1n) is 8.09. The van der Waals surface area contributed by atoms with E-state index in [0.29, 0.717) is 23.7 Å². The predicted octanol–water partition coefficient (Wildman–Crippen LogP) is 3.88. The van der Waals surface area contributed by atoms with Crippen molar-refractivity contribution in [3.63, 3.8) is 0 Å². The Hall–Kier alpha value is -2.53. The summed E-state index contributed by atoms with van der Waals surface area (Å²) in [6, 6.07) is 16.1. The van der Waals surface area contributed by atoms with E-state index >= 15 is 0 Å². The van der Waals surface area contributed by atoms with Crippen LogP contribution in [0.5, 0.6) is 0 Å². The van der Waals surface area contributed by atoms with E-state index in [-0.39, 0.29) is 12.5 Å². The maximum atomic E-state index is 12.2. The van der Waals surface area contributed by atoms with E-state index in [2.05, 4.69) is 10.6 Å². The maximum Gasteiger partial charge on any atom is 0.319 e. The molecule has 0 radical (unpaired) electrons. The van der Waals surface area contributed by atoms with E-state index in [4.69, 9.17) is 16.3 Å². The van der Waals surface area contributed by atoms with Crippen LogP contribution < -0.4 is 10.6 Å². The molecule has 25 heavy (non-hydrogen) atoms. The molecule has 0 aliphatic rings. The molecule has 0 heterocycles. The number of urea groups is 1. The number of carbonyl (C=O) groups excluding carboxylic acids is 2. The molecule has 0 bridgehead atoms. The molecule has 0 aliphatic carbocycles. The maximum absolute atomic E-state index is 12.2. The highest BCUT2D eigenvalue weighted by Gasteiger charge is 2.21. The van der Waals surface area contributed by atoms with E-state index in [1.807, 2.05) is 30.3 Å². The summed E-state index contributed by atoms with van der Waals surface area (Å²) in [6.45, 7) is 2.25. The molecule has 0 saturated heterocycles. The van der Waals surface area contributed by atoms with E-state index < -0.39 is 11.9 Å². The molecular formula is C19H21ClN2O3. The van der Waals surface area contributed by atoms with Gasteiger partial charge in [0.1, 0.15) is 0 Å². The minimum absolute atomic E-state index is 0.181. The Kier molecular flexibility index (Phi) is 7.29. The summed E-state index contributed by atoms with van der Waals surface area (Å²) in [5.74, 6) is -0.776. The fraction of sp³-hybridized carbons (Fsp3) is 0.263. The van der Waals surface area contributed by atoms with Crippen molar-refractivity contribution in [3.8, 4) is 0 Å². The minimum atomic E-state index is -0.451. The van der Waals surface area contributed by atoms with Gasteiger partial charge in [0, 0.05) is 17.3 Å². The lowest BCUT2D eigenvalue weighted by Gasteiger charge is -2.17. The fourth-order valence-corrected chi connectivity index (χ4v) is 2.55. The lowest BCUT2D eigenvalue weighted by molar-refractivity contribution is -0.147. The van der Waals surface area contributed by atoms with Crippen molar-refractivity contribution >= 4 is 29.3 Å². The lowest BCUT2D eigenvalue weighted by atomic mass is 9.99. The van der Waals surface area contributed by atoms with Crippen LogP contribution in [-0.2, 0) is 16.0 Å². The summed E-state index contributed by atoms with van der Waals surface area (Å²) in [5, 5.41) is 5.94. The van der Waals surface area contributed by atoms with Gasteiger partial charge < -0.3 is 15.4 Å². The minimum Gasteiger partial charge on any atom is -0.466 e. The second kappa shape index (κ2) is 9.69. The summed E-state index contributed by atoms with van der Waals surface area (Å²) in [5.41, 5.74) is 1.60. The van der Waals surface area contributed by atoms with Gasteiger partial charge in [0.25, 0.3) is 0 Å². The highest BCUT2D eigenvalue weighted by molar-refractivity contribution is 6.30. The number of halogens is 1. The van der Waals surface area contributed by atoms with E-state index in [9.17, 15) is 9.59 Å². The Labute approximate surface area is 152 Å². The van der Waals surface area contributed by atoms with Gasteiger partial charge >= 0.3 is 12.0 Å². The normalized spacial score (nSPS) is 11.4. The standard InChI is InChI=1S/C19H21ClN2O3/c1-2-25-18(23)15(11-14-7-4-3-5-8-14)13-21-19(24)22-17-10-6-9-16(20)12-17/h3-10,12,15H,2,11,13H2,1H3,(H2,21,22,24). The molecule has 0 saturated carbocycles. The van der Waals surface area contributed by atoms with E-state index in [0.717, 1.165) is 5.56 Å². The van der Waals surface area contributed by atoms with Crippen molar-refractivity contribution in [1.82, 2.24) is 5.32 Å². The van der Waals surface area contributed by atoms with Crippen LogP contribution >= 0.6 is 11.6 Å². The Bertz CT molecular complexity index is 707. The van der Waals surface area contributed by atoms with Crippen LogP contribution in [0.3, 0.4) is 0 Å². The van der Waals surface area contributed by atoms with Gasteiger partial charge in [0.15, 0.2) is 0 Å². The molecule has 2 aromatic carbocycles. The predicted molar refractivity (Wildman–Crippen MR) is 98.7 cm³/mol. The van der Waals surface area contributed by atoms with Crippen molar-refractivity contribution in [3.05, 3.63) is 65.2 Å². The second-order valence-corrected chi connectivity index (χ2v) is 5.92. The molecule has 0 aromatic heterocycles. The smallest absolute Gasteiger partial charge is 0.319 e. The van der Waals surface area contributed by atoms with Crippen LogP contribution in [0.15, 0.2) is 54.6 Å². The van der Waals surface area contributed by atoms with E-state index in [1.54, 1.807) is 31.2 Å². The third-order valence-electron chi connectivity index (χ3n) is 3.54. The quantitative estimate of drug-likeness (QED) is 0.736. The first-order valence-corrected chi connectivity index (χ1v) is 8.47. The summed E-state index contributed by atoms with van der Waals surface area (Å²) in [7, 11) is 0. The third-order valence-corrected chi connectivity index (χ3v) is 3.77. The molecule has 2 amide bonds. The van der Waals surface area contributed by atoms with Gasteiger partial charge in [-0.25, -0.2) is 4.79 Å². The fourth-order valence-electron chi connectivity index (χ4n) is 2.35. The molecule has 0 aliphatic heterocycles. The summed E-state index contributed by atoms with van der Waals surface area (Å²) >= 11 is 5.89. The molecule has 0 spiro atoms. The molecule has 1 unspecified atom stereocenters. The number of ether oxygens (including phenoxy) is 1. The van der Waals surface area contributed by atoms with Crippen molar-refractivity contribution in [2.45, 2.75) is 13.3 Å². The van der Waals surface area contributed by atoms with Gasteiger partial charge in [-0.3, -0.25) is 4.79 Å².